The molecule has 1 fully saturated rings. The molecule has 1 saturated heterocycles. The predicted molar refractivity (Wildman–Crippen MR) is 81.8 cm³/mol. The molecule has 1 amide bonds. The molecule has 1 aromatic carbocycles. The van der Waals surface area contributed by atoms with Crippen LogP contribution in [-0.4, -0.2) is 36.5 Å². The number of amides is 1. The quantitative estimate of drug-likeness (QED) is 0.911. The number of hydrogen-bond donors (Lipinski definition) is 1. The summed E-state index contributed by atoms with van der Waals surface area (Å²) in [4.78, 5) is 14.5. The Balaban J connectivity index is 2.17. The highest BCUT2D eigenvalue weighted by Crippen LogP contribution is 2.24. The molecular weight excluding hydrogens is 328 g/mol. The van der Waals surface area contributed by atoms with Gasteiger partial charge in [0.1, 0.15) is 0 Å². The zero-order valence-corrected chi connectivity index (χ0v) is 13.3. The molecule has 0 atom stereocenters. The number of nitrogens with zero attached hydrogens (tertiary/aromatic N) is 1. The van der Waals surface area contributed by atoms with Crippen molar-refractivity contribution in [2.24, 2.45) is 0 Å². The van der Waals surface area contributed by atoms with E-state index < -0.39 is 0 Å². The molecule has 0 bridgehead atoms. The fourth-order valence-corrected chi connectivity index (χ4v) is 2.91. The maximum Gasteiger partial charge on any atom is 0.254 e. The van der Waals surface area contributed by atoms with Gasteiger partial charge in [0.2, 0.25) is 0 Å². The molecular formula is C14H18BrClN2O. The molecule has 0 aliphatic carbocycles. The lowest BCUT2D eigenvalue weighted by Crippen LogP contribution is -2.46. The van der Waals surface area contributed by atoms with Gasteiger partial charge in [0.25, 0.3) is 5.91 Å². The van der Waals surface area contributed by atoms with Crippen molar-refractivity contribution >= 4 is 33.4 Å². The van der Waals surface area contributed by atoms with Gasteiger partial charge in [-0.2, -0.15) is 0 Å². The third-order valence-corrected chi connectivity index (χ3v) is 4.75. The van der Waals surface area contributed by atoms with Gasteiger partial charge in [-0.05, 0) is 67.0 Å². The molecule has 5 heteroatoms. The van der Waals surface area contributed by atoms with Crippen LogP contribution < -0.4 is 5.32 Å². The molecule has 1 heterocycles. The Kier molecular flexibility index (Phi) is 5.25. The molecule has 1 N–H and O–H groups in total. The first-order valence-corrected chi connectivity index (χ1v) is 7.77. The average Bonchev–Trinajstić information content (AvgIpc) is 2.44. The molecule has 0 saturated carbocycles. The number of carbonyl (C=O) groups is 1. The van der Waals surface area contributed by atoms with Crippen molar-refractivity contribution < 1.29 is 4.79 Å². The molecule has 2 rings (SSSR count). The summed E-state index contributed by atoms with van der Waals surface area (Å²) in [6, 6.07) is 5.71. The van der Waals surface area contributed by atoms with Crippen molar-refractivity contribution in [3.05, 3.63) is 33.3 Å². The summed E-state index contributed by atoms with van der Waals surface area (Å²) < 4.78 is 0.815. The number of nitrogens with one attached hydrogen (secondary N) is 1. The fraction of sp³-hybridized carbons (Fsp3) is 0.500. The highest BCUT2D eigenvalue weighted by molar-refractivity contribution is 9.10. The van der Waals surface area contributed by atoms with Crippen LogP contribution >= 0.6 is 27.5 Å². The van der Waals surface area contributed by atoms with Crippen molar-refractivity contribution in [2.75, 3.05) is 19.6 Å². The molecule has 0 radical (unpaired) electrons. The molecule has 3 nitrogen and oxygen atoms in total. The lowest BCUT2D eigenvalue weighted by molar-refractivity contribution is 0.0656. The third-order valence-electron chi connectivity index (χ3n) is 3.52. The van der Waals surface area contributed by atoms with Crippen LogP contribution in [0.15, 0.2) is 22.7 Å². The molecule has 0 aromatic heterocycles. The van der Waals surface area contributed by atoms with E-state index >= 15 is 0 Å². The first kappa shape index (κ1) is 14.8. The van der Waals surface area contributed by atoms with Crippen LogP contribution in [0.2, 0.25) is 5.02 Å². The molecule has 104 valence electrons. The maximum absolute atomic E-state index is 12.6. The largest absolute Gasteiger partial charge is 0.336 e. The monoisotopic (exact) mass is 344 g/mol. The summed E-state index contributed by atoms with van der Waals surface area (Å²) in [5.41, 5.74) is 0.661. The van der Waals surface area contributed by atoms with Crippen molar-refractivity contribution in [3.8, 4) is 0 Å². The van der Waals surface area contributed by atoms with Gasteiger partial charge in [0.05, 0.1) is 5.02 Å². The lowest BCUT2D eigenvalue weighted by atomic mass is 10.0. The van der Waals surface area contributed by atoms with E-state index in [2.05, 4.69) is 21.2 Å². The number of benzene rings is 1. The Hall–Kier alpha value is -0.580. The second-order valence-corrected chi connectivity index (χ2v) is 5.96. The van der Waals surface area contributed by atoms with Crippen LogP contribution in [0.25, 0.3) is 0 Å². The number of halogens is 2. The minimum Gasteiger partial charge on any atom is -0.336 e. The third kappa shape index (κ3) is 3.50. The highest BCUT2D eigenvalue weighted by atomic mass is 79.9. The Morgan fingerprint density at radius 1 is 1.47 bits per heavy atom. The zero-order valence-electron chi connectivity index (χ0n) is 11.0. The molecule has 0 unspecified atom stereocenters. The summed E-state index contributed by atoms with van der Waals surface area (Å²) in [6.45, 7) is 4.72. The van der Waals surface area contributed by atoms with Crippen LogP contribution in [-0.2, 0) is 0 Å². The number of rotatable bonds is 3. The van der Waals surface area contributed by atoms with Crippen molar-refractivity contribution in [1.82, 2.24) is 10.2 Å². The fourth-order valence-electron chi connectivity index (χ4n) is 2.48. The summed E-state index contributed by atoms with van der Waals surface area (Å²) in [5, 5.41) is 3.90. The van der Waals surface area contributed by atoms with Crippen molar-refractivity contribution in [1.29, 1.82) is 0 Å². The molecule has 19 heavy (non-hydrogen) atoms. The van der Waals surface area contributed by atoms with Crippen LogP contribution in [0.3, 0.4) is 0 Å². The van der Waals surface area contributed by atoms with E-state index in [1.807, 2.05) is 24.0 Å². The smallest absolute Gasteiger partial charge is 0.254 e. The number of piperidine rings is 1. The second kappa shape index (κ2) is 6.73. The van der Waals surface area contributed by atoms with Crippen LogP contribution in [0.4, 0.5) is 0 Å². The van der Waals surface area contributed by atoms with Crippen LogP contribution in [0.1, 0.15) is 30.1 Å². The normalized spacial score (nSPS) is 16.4. The predicted octanol–water partition coefficient (Wildman–Crippen LogP) is 3.32. The van der Waals surface area contributed by atoms with E-state index in [-0.39, 0.29) is 5.91 Å². The number of carbonyl (C=O) groups excluding carboxylic acids is 1. The summed E-state index contributed by atoms with van der Waals surface area (Å²) >= 11 is 9.41. The first-order valence-electron chi connectivity index (χ1n) is 6.60. The average molecular weight is 346 g/mol. The van der Waals surface area contributed by atoms with E-state index in [0.29, 0.717) is 16.6 Å². The molecule has 1 aliphatic rings. The van der Waals surface area contributed by atoms with Gasteiger partial charge < -0.3 is 10.2 Å². The maximum atomic E-state index is 12.6. The summed E-state index contributed by atoms with van der Waals surface area (Å²) in [5.74, 6) is 0.0730. The Labute approximate surface area is 127 Å². The standard InChI is InChI=1S/C14H18BrClN2O/c1-2-18(11-5-7-17-8-6-11)14(19)10-3-4-12(15)13(16)9-10/h3-4,9,11,17H,2,5-8H2,1H3. The van der Waals surface area contributed by atoms with Gasteiger partial charge in [-0.15, -0.1) is 0 Å². The van der Waals surface area contributed by atoms with E-state index in [9.17, 15) is 4.79 Å². The van der Waals surface area contributed by atoms with E-state index in [4.69, 9.17) is 11.6 Å². The van der Waals surface area contributed by atoms with E-state index in [1.165, 1.54) is 0 Å². The van der Waals surface area contributed by atoms with Gasteiger partial charge in [-0.25, -0.2) is 0 Å². The van der Waals surface area contributed by atoms with E-state index in [1.54, 1.807) is 6.07 Å². The molecule has 1 aromatic rings. The van der Waals surface area contributed by atoms with Crippen molar-refractivity contribution in [3.63, 3.8) is 0 Å². The Bertz CT molecular complexity index is 461. The lowest BCUT2D eigenvalue weighted by Gasteiger charge is -2.34. The Morgan fingerprint density at radius 3 is 2.74 bits per heavy atom. The highest BCUT2D eigenvalue weighted by Gasteiger charge is 2.25. The van der Waals surface area contributed by atoms with Gasteiger partial charge in [0, 0.05) is 22.6 Å². The van der Waals surface area contributed by atoms with Crippen LogP contribution in [0, 0.1) is 0 Å². The van der Waals surface area contributed by atoms with E-state index in [0.717, 1.165) is 36.9 Å². The van der Waals surface area contributed by atoms with Crippen LogP contribution in [0.5, 0.6) is 0 Å². The Morgan fingerprint density at radius 2 is 2.16 bits per heavy atom. The first-order chi connectivity index (χ1) is 9.13. The molecule has 1 aliphatic heterocycles. The van der Waals surface area contributed by atoms with Gasteiger partial charge in [0.15, 0.2) is 0 Å². The topological polar surface area (TPSA) is 32.3 Å². The summed E-state index contributed by atoms with van der Waals surface area (Å²) in [7, 11) is 0. The second-order valence-electron chi connectivity index (χ2n) is 4.70. The van der Waals surface area contributed by atoms with Gasteiger partial charge in [-0.3, -0.25) is 4.79 Å². The van der Waals surface area contributed by atoms with Gasteiger partial charge in [-0.1, -0.05) is 11.6 Å². The van der Waals surface area contributed by atoms with Gasteiger partial charge >= 0.3 is 0 Å². The minimum absolute atomic E-state index is 0.0730. The molecule has 0 spiro atoms. The zero-order chi connectivity index (χ0) is 13.8. The number of hydrogen-bond acceptors (Lipinski definition) is 2. The minimum atomic E-state index is 0.0730. The SMILES string of the molecule is CCN(C(=O)c1ccc(Br)c(Cl)c1)C1CCNCC1. The van der Waals surface area contributed by atoms with Crippen molar-refractivity contribution in [2.45, 2.75) is 25.8 Å². The summed E-state index contributed by atoms with van der Waals surface area (Å²) in [6.07, 6.45) is 2.04.